The van der Waals surface area contributed by atoms with Crippen molar-refractivity contribution < 1.29 is 4.79 Å². The number of nitrogens with zero attached hydrogens (tertiary/aromatic N) is 3. The normalized spacial score (nSPS) is 22.3. The number of thiophene rings is 1. The largest absolute Gasteiger partial charge is 0.337 e. The summed E-state index contributed by atoms with van der Waals surface area (Å²) in [5, 5.41) is 4.90. The Kier molecular flexibility index (Phi) is 6.31. The number of halogens is 1. The van der Waals surface area contributed by atoms with Gasteiger partial charge in [0.05, 0.1) is 4.88 Å². The maximum atomic E-state index is 13.0. The quantitative estimate of drug-likeness (QED) is 0.618. The molecule has 2 aromatic heterocycles. The van der Waals surface area contributed by atoms with Gasteiger partial charge in [0.15, 0.2) is 0 Å². The van der Waals surface area contributed by atoms with Gasteiger partial charge in [-0.25, -0.2) is 4.98 Å². The van der Waals surface area contributed by atoms with Crippen molar-refractivity contribution in [1.82, 2.24) is 14.8 Å². The molecule has 7 heteroatoms. The minimum Gasteiger partial charge on any atom is -0.337 e. The van der Waals surface area contributed by atoms with Gasteiger partial charge in [-0.1, -0.05) is 6.92 Å². The molecule has 2 saturated heterocycles. The summed E-state index contributed by atoms with van der Waals surface area (Å²) in [4.78, 5) is 23.4. The van der Waals surface area contributed by atoms with Gasteiger partial charge in [0.1, 0.15) is 10.7 Å². The molecule has 2 fully saturated rings. The third-order valence-corrected chi connectivity index (χ3v) is 8.40. The van der Waals surface area contributed by atoms with Gasteiger partial charge in [-0.2, -0.15) is 0 Å². The van der Waals surface area contributed by atoms with Crippen molar-refractivity contribution in [3.8, 4) is 9.88 Å². The number of thiazole rings is 1. The lowest BCUT2D eigenvalue weighted by Crippen LogP contribution is -2.45. The molecule has 2 aliphatic heterocycles. The van der Waals surface area contributed by atoms with Crippen LogP contribution in [0.3, 0.4) is 0 Å². The van der Waals surface area contributed by atoms with E-state index in [1.807, 2.05) is 10.3 Å². The molecule has 0 radical (unpaired) electrons. The number of hydrogen-bond donors (Lipinski definition) is 0. The summed E-state index contributed by atoms with van der Waals surface area (Å²) in [5.41, 5.74) is 0.604. The molecule has 0 spiro atoms. The molecule has 4 heterocycles. The number of amides is 1. The van der Waals surface area contributed by atoms with Gasteiger partial charge in [-0.15, -0.1) is 22.7 Å². The van der Waals surface area contributed by atoms with E-state index in [1.165, 1.54) is 32.4 Å². The van der Waals surface area contributed by atoms with Crippen molar-refractivity contribution in [3.05, 3.63) is 27.0 Å². The summed E-state index contributed by atoms with van der Waals surface area (Å²) in [6.07, 6.45) is 4.97. The van der Waals surface area contributed by atoms with Crippen molar-refractivity contribution in [2.24, 2.45) is 11.8 Å². The van der Waals surface area contributed by atoms with Crippen LogP contribution in [0.2, 0.25) is 0 Å². The SMILES string of the molecule is CC1CCN(CC2CCCN(C(=O)c3csc(-c4cc(Br)cs4)n3)C2)CC1. The lowest BCUT2D eigenvalue weighted by Gasteiger charge is -2.37. The van der Waals surface area contributed by atoms with Crippen LogP contribution in [0.5, 0.6) is 0 Å². The fourth-order valence-electron chi connectivity index (χ4n) is 4.08. The zero-order valence-corrected chi connectivity index (χ0v) is 18.9. The molecule has 1 atom stereocenters. The summed E-state index contributed by atoms with van der Waals surface area (Å²) >= 11 is 6.70. The highest BCUT2D eigenvalue weighted by Gasteiger charge is 2.28. The fourth-order valence-corrected chi connectivity index (χ4v) is 6.38. The average molecular weight is 468 g/mol. The van der Waals surface area contributed by atoms with Crippen molar-refractivity contribution >= 4 is 44.5 Å². The molecule has 1 unspecified atom stereocenters. The molecule has 2 aliphatic rings. The summed E-state index contributed by atoms with van der Waals surface area (Å²) in [6.45, 7) is 7.68. The number of piperidine rings is 2. The minimum absolute atomic E-state index is 0.102. The summed E-state index contributed by atoms with van der Waals surface area (Å²) in [7, 11) is 0. The van der Waals surface area contributed by atoms with Gasteiger partial charge in [-0.05, 0) is 72.6 Å². The molecule has 0 bridgehead atoms. The van der Waals surface area contributed by atoms with E-state index in [4.69, 9.17) is 0 Å². The standard InChI is InChI=1S/C20H26BrN3OS2/c1-14-4-7-23(8-5-14)10-15-3-2-6-24(11-15)20(25)17-13-27-19(22-17)18-9-16(21)12-26-18/h9,12-15H,2-8,10-11H2,1H3. The molecule has 4 nitrogen and oxygen atoms in total. The maximum Gasteiger partial charge on any atom is 0.273 e. The zero-order chi connectivity index (χ0) is 18.8. The Morgan fingerprint density at radius 3 is 2.78 bits per heavy atom. The second-order valence-corrected chi connectivity index (χ2v) is 10.6. The molecule has 0 aromatic carbocycles. The van der Waals surface area contributed by atoms with E-state index < -0.39 is 0 Å². The summed E-state index contributed by atoms with van der Waals surface area (Å²) in [5.74, 6) is 1.57. The average Bonchev–Trinajstić information content (AvgIpc) is 3.32. The van der Waals surface area contributed by atoms with Crippen LogP contribution in [-0.4, -0.2) is 53.4 Å². The molecular formula is C20H26BrN3OS2. The summed E-state index contributed by atoms with van der Waals surface area (Å²) in [6, 6.07) is 2.06. The first-order chi connectivity index (χ1) is 13.1. The van der Waals surface area contributed by atoms with Crippen LogP contribution < -0.4 is 0 Å². The van der Waals surface area contributed by atoms with Crippen molar-refractivity contribution in [2.45, 2.75) is 32.6 Å². The van der Waals surface area contributed by atoms with E-state index in [2.05, 4.69) is 44.2 Å². The predicted octanol–water partition coefficient (Wildman–Crippen LogP) is 5.22. The lowest BCUT2D eigenvalue weighted by atomic mass is 9.94. The van der Waals surface area contributed by atoms with Gasteiger partial charge < -0.3 is 9.80 Å². The fraction of sp³-hybridized carbons (Fsp3) is 0.600. The minimum atomic E-state index is 0.102. The molecule has 146 valence electrons. The molecule has 0 saturated carbocycles. The molecule has 4 rings (SSSR count). The first-order valence-electron chi connectivity index (χ1n) is 9.80. The van der Waals surface area contributed by atoms with Crippen molar-refractivity contribution in [2.75, 3.05) is 32.7 Å². The van der Waals surface area contributed by atoms with Crippen LogP contribution in [0.15, 0.2) is 21.3 Å². The van der Waals surface area contributed by atoms with E-state index in [1.54, 1.807) is 22.7 Å². The van der Waals surface area contributed by atoms with Crippen LogP contribution in [0.25, 0.3) is 9.88 Å². The van der Waals surface area contributed by atoms with Crippen LogP contribution in [0.1, 0.15) is 43.1 Å². The van der Waals surface area contributed by atoms with E-state index in [9.17, 15) is 4.79 Å². The van der Waals surface area contributed by atoms with Crippen LogP contribution in [0, 0.1) is 11.8 Å². The highest BCUT2D eigenvalue weighted by Crippen LogP contribution is 2.32. The van der Waals surface area contributed by atoms with E-state index >= 15 is 0 Å². The topological polar surface area (TPSA) is 36.4 Å². The van der Waals surface area contributed by atoms with Crippen LogP contribution in [0.4, 0.5) is 0 Å². The van der Waals surface area contributed by atoms with E-state index in [0.29, 0.717) is 11.6 Å². The third kappa shape index (κ3) is 4.81. The molecule has 0 aliphatic carbocycles. The Balaban J connectivity index is 1.36. The van der Waals surface area contributed by atoms with Crippen molar-refractivity contribution in [1.29, 1.82) is 0 Å². The van der Waals surface area contributed by atoms with Gasteiger partial charge >= 0.3 is 0 Å². The molecule has 1 amide bonds. The van der Waals surface area contributed by atoms with Crippen LogP contribution in [-0.2, 0) is 0 Å². The number of likely N-dealkylation sites (tertiary alicyclic amines) is 2. The van der Waals surface area contributed by atoms with Crippen LogP contribution >= 0.6 is 38.6 Å². The molecule has 2 aromatic rings. The molecule has 0 N–H and O–H groups in total. The van der Waals surface area contributed by atoms with Gasteiger partial charge in [0.2, 0.25) is 0 Å². The maximum absolute atomic E-state index is 13.0. The number of rotatable bonds is 4. The lowest BCUT2D eigenvalue weighted by molar-refractivity contribution is 0.0617. The monoisotopic (exact) mass is 467 g/mol. The van der Waals surface area contributed by atoms with E-state index in [0.717, 1.165) is 46.3 Å². The predicted molar refractivity (Wildman–Crippen MR) is 117 cm³/mol. The second-order valence-electron chi connectivity index (χ2n) is 7.91. The smallest absolute Gasteiger partial charge is 0.273 e. The second kappa shape index (κ2) is 8.72. The Hall–Kier alpha value is -0.760. The number of carbonyl (C=O) groups is 1. The third-order valence-electron chi connectivity index (χ3n) is 5.70. The number of carbonyl (C=O) groups excluding carboxylic acids is 1. The zero-order valence-electron chi connectivity index (χ0n) is 15.7. The van der Waals surface area contributed by atoms with Gasteiger partial charge in [0.25, 0.3) is 5.91 Å². The Bertz CT molecular complexity index is 782. The summed E-state index contributed by atoms with van der Waals surface area (Å²) < 4.78 is 1.07. The van der Waals surface area contributed by atoms with Gasteiger partial charge in [0, 0.05) is 34.9 Å². The molecule has 27 heavy (non-hydrogen) atoms. The van der Waals surface area contributed by atoms with Crippen molar-refractivity contribution in [3.63, 3.8) is 0 Å². The Morgan fingerprint density at radius 1 is 1.22 bits per heavy atom. The first-order valence-corrected chi connectivity index (χ1v) is 12.4. The molecular weight excluding hydrogens is 442 g/mol. The first kappa shape index (κ1) is 19.6. The Morgan fingerprint density at radius 2 is 2.04 bits per heavy atom. The highest BCUT2D eigenvalue weighted by molar-refractivity contribution is 9.10. The highest BCUT2D eigenvalue weighted by atomic mass is 79.9. The number of aromatic nitrogens is 1. The Labute approximate surface area is 177 Å². The number of hydrogen-bond acceptors (Lipinski definition) is 5. The van der Waals surface area contributed by atoms with E-state index in [-0.39, 0.29) is 5.91 Å². The van der Waals surface area contributed by atoms with Gasteiger partial charge in [-0.3, -0.25) is 4.79 Å².